The van der Waals surface area contributed by atoms with Gasteiger partial charge in [0.05, 0.1) is 0 Å². The number of pyridine rings is 1. The van der Waals surface area contributed by atoms with Crippen LogP contribution >= 0.6 is 0 Å². The molecule has 0 aliphatic heterocycles. The third-order valence-corrected chi connectivity index (χ3v) is 2.09. The molecular formula is C10H13N5. The van der Waals surface area contributed by atoms with Crippen LogP contribution in [-0.4, -0.2) is 20.2 Å². The Morgan fingerprint density at radius 2 is 2.20 bits per heavy atom. The van der Waals surface area contributed by atoms with Gasteiger partial charge < -0.3 is 5.73 Å². The van der Waals surface area contributed by atoms with E-state index in [0.29, 0.717) is 17.6 Å². The van der Waals surface area contributed by atoms with Gasteiger partial charge in [-0.05, 0) is 12.1 Å². The summed E-state index contributed by atoms with van der Waals surface area (Å²) in [6.45, 7) is 4.12. The van der Waals surface area contributed by atoms with Crippen molar-refractivity contribution in [2.75, 3.05) is 5.73 Å². The van der Waals surface area contributed by atoms with E-state index in [-0.39, 0.29) is 0 Å². The van der Waals surface area contributed by atoms with Crippen molar-refractivity contribution in [3.05, 3.63) is 24.2 Å². The number of nitrogens with zero attached hydrogens (tertiary/aromatic N) is 3. The van der Waals surface area contributed by atoms with E-state index in [1.807, 2.05) is 6.07 Å². The average Bonchev–Trinajstić information content (AvgIpc) is 2.66. The Kier molecular flexibility index (Phi) is 2.37. The molecule has 0 saturated heterocycles. The fraction of sp³-hybridized carbons (Fsp3) is 0.300. The lowest BCUT2D eigenvalue weighted by Gasteiger charge is -1.96. The first-order valence-corrected chi connectivity index (χ1v) is 4.81. The van der Waals surface area contributed by atoms with Crippen LogP contribution in [0.15, 0.2) is 18.3 Å². The molecule has 5 nitrogen and oxygen atoms in total. The van der Waals surface area contributed by atoms with Gasteiger partial charge >= 0.3 is 0 Å². The molecule has 0 aliphatic carbocycles. The van der Waals surface area contributed by atoms with Crippen molar-refractivity contribution in [3.63, 3.8) is 0 Å². The van der Waals surface area contributed by atoms with Gasteiger partial charge in [-0.15, -0.1) is 0 Å². The molecule has 5 heteroatoms. The van der Waals surface area contributed by atoms with E-state index in [9.17, 15) is 0 Å². The fourth-order valence-electron chi connectivity index (χ4n) is 1.25. The van der Waals surface area contributed by atoms with E-state index in [0.717, 1.165) is 11.4 Å². The maximum absolute atomic E-state index is 5.59. The fourth-order valence-corrected chi connectivity index (χ4v) is 1.25. The predicted octanol–water partition coefficient (Wildman–Crippen LogP) is 1.57. The Hall–Kier alpha value is -1.91. The summed E-state index contributed by atoms with van der Waals surface area (Å²) in [5.74, 6) is 2.35. The van der Waals surface area contributed by atoms with Crippen molar-refractivity contribution in [2.45, 2.75) is 19.8 Å². The zero-order valence-corrected chi connectivity index (χ0v) is 8.73. The first-order chi connectivity index (χ1) is 7.16. The summed E-state index contributed by atoms with van der Waals surface area (Å²) in [6.07, 6.45) is 1.65. The zero-order valence-electron chi connectivity index (χ0n) is 8.73. The van der Waals surface area contributed by atoms with Crippen LogP contribution in [0.25, 0.3) is 11.4 Å². The minimum absolute atomic E-state index is 0.338. The number of anilines is 1. The third-order valence-electron chi connectivity index (χ3n) is 2.09. The summed E-state index contributed by atoms with van der Waals surface area (Å²) >= 11 is 0. The summed E-state index contributed by atoms with van der Waals surface area (Å²) in [4.78, 5) is 8.29. The predicted molar refractivity (Wildman–Crippen MR) is 58.1 cm³/mol. The van der Waals surface area contributed by atoms with Crippen molar-refractivity contribution < 1.29 is 0 Å². The molecule has 0 bridgehead atoms. The smallest absolute Gasteiger partial charge is 0.181 e. The van der Waals surface area contributed by atoms with Crippen LogP contribution in [0.1, 0.15) is 25.6 Å². The van der Waals surface area contributed by atoms with E-state index in [4.69, 9.17) is 5.73 Å². The average molecular weight is 203 g/mol. The van der Waals surface area contributed by atoms with Crippen molar-refractivity contribution in [3.8, 4) is 11.4 Å². The Morgan fingerprint density at radius 3 is 2.80 bits per heavy atom. The Morgan fingerprint density at radius 1 is 1.40 bits per heavy atom. The third kappa shape index (κ3) is 1.96. The second-order valence-electron chi connectivity index (χ2n) is 3.67. The lowest BCUT2D eigenvalue weighted by Crippen LogP contribution is -1.91. The number of rotatable bonds is 2. The van der Waals surface area contributed by atoms with Gasteiger partial charge in [0.15, 0.2) is 5.82 Å². The van der Waals surface area contributed by atoms with Gasteiger partial charge in [0, 0.05) is 17.7 Å². The monoisotopic (exact) mass is 203 g/mol. The SMILES string of the molecule is CC(C)c1nc(-c2ccnc(N)c2)n[nH]1. The summed E-state index contributed by atoms with van der Waals surface area (Å²) in [6, 6.07) is 3.59. The summed E-state index contributed by atoms with van der Waals surface area (Å²) in [5, 5.41) is 7.03. The van der Waals surface area contributed by atoms with Crippen LogP contribution < -0.4 is 5.73 Å². The summed E-state index contributed by atoms with van der Waals surface area (Å²) in [5.41, 5.74) is 6.47. The molecule has 78 valence electrons. The quantitative estimate of drug-likeness (QED) is 0.776. The van der Waals surface area contributed by atoms with Crippen LogP contribution in [0.5, 0.6) is 0 Å². The normalized spacial score (nSPS) is 10.9. The van der Waals surface area contributed by atoms with Crippen LogP contribution in [0.4, 0.5) is 5.82 Å². The minimum Gasteiger partial charge on any atom is -0.384 e. The van der Waals surface area contributed by atoms with Gasteiger partial charge in [0.25, 0.3) is 0 Å². The molecule has 0 aliphatic rings. The molecule has 0 amide bonds. The minimum atomic E-state index is 0.338. The number of nitrogens with two attached hydrogens (primary N) is 1. The largest absolute Gasteiger partial charge is 0.384 e. The van der Waals surface area contributed by atoms with Crippen LogP contribution in [0.3, 0.4) is 0 Å². The van der Waals surface area contributed by atoms with Gasteiger partial charge in [0.2, 0.25) is 0 Å². The van der Waals surface area contributed by atoms with Crippen molar-refractivity contribution in [1.82, 2.24) is 20.2 Å². The molecule has 0 fully saturated rings. The van der Waals surface area contributed by atoms with Gasteiger partial charge in [-0.1, -0.05) is 13.8 Å². The Bertz CT molecular complexity index is 460. The van der Waals surface area contributed by atoms with Gasteiger partial charge in [0.1, 0.15) is 11.6 Å². The highest BCUT2D eigenvalue weighted by Crippen LogP contribution is 2.17. The van der Waals surface area contributed by atoms with E-state index in [1.54, 1.807) is 12.3 Å². The topological polar surface area (TPSA) is 80.5 Å². The van der Waals surface area contributed by atoms with Crippen LogP contribution in [0.2, 0.25) is 0 Å². The molecule has 15 heavy (non-hydrogen) atoms. The van der Waals surface area contributed by atoms with E-state index >= 15 is 0 Å². The van der Waals surface area contributed by atoms with Gasteiger partial charge in [-0.25, -0.2) is 9.97 Å². The number of hydrogen-bond donors (Lipinski definition) is 2. The molecular weight excluding hydrogens is 190 g/mol. The lowest BCUT2D eigenvalue weighted by molar-refractivity contribution is 0.781. The number of H-pyrrole nitrogens is 1. The zero-order chi connectivity index (χ0) is 10.8. The number of hydrogen-bond acceptors (Lipinski definition) is 4. The standard InChI is InChI=1S/C10H13N5/c1-6(2)9-13-10(15-14-9)7-3-4-12-8(11)5-7/h3-6H,1-2H3,(H2,11,12)(H,13,14,15). The molecule has 0 atom stereocenters. The number of nitrogen functional groups attached to an aromatic ring is 1. The molecule has 0 unspecified atom stereocenters. The lowest BCUT2D eigenvalue weighted by atomic mass is 10.2. The molecule has 2 aromatic rings. The first-order valence-electron chi connectivity index (χ1n) is 4.81. The van der Waals surface area contributed by atoms with Crippen molar-refractivity contribution in [1.29, 1.82) is 0 Å². The highest BCUT2D eigenvalue weighted by molar-refractivity contribution is 5.57. The highest BCUT2D eigenvalue weighted by atomic mass is 15.2. The molecule has 2 rings (SSSR count). The van der Waals surface area contributed by atoms with E-state index in [1.165, 1.54) is 0 Å². The maximum Gasteiger partial charge on any atom is 0.181 e. The summed E-state index contributed by atoms with van der Waals surface area (Å²) < 4.78 is 0. The van der Waals surface area contributed by atoms with Crippen molar-refractivity contribution in [2.24, 2.45) is 0 Å². The summed E-state index contributed by atoms with van der Waals surface area (Å²) in [7, 11) is 0. The van der Waals surface area contributed by atoms with Gasteiger partial charge in [-0.3, -0.25) is 5.10 Å². The van der Waals surface area contributed by atoms with Crippen LogP contribution in [0, 0.1) is 0 Å². The highest BCUT2D eigenvalue weighted by Gasteiger charge is 2.08. The first kappa shape index (κ1) is 9.64. The molecule has 2 aromatic heterocycles. The maximum atomic E-state index is 5.59. The van der Waals surface area contributed by atoms with Crippen molar-refractivity contribution >= 4 is 5.82 Å². The van der Waals surface area contributed by atoms with Gasteiger partial charge in [-0.2, -0.15) is 5.10 Å². The Balaban J connectivity index is 2.37. The van der Waals surface area contributed by atoms with E-state index < -0.39 is 0 Å². The molecule has 0 radical (unpaired) electrons. The van der Waals surface area contributed by atoms with E-state index in [2.05, 4.69) is 34.0 Å². The molecule has 0 spiro atoms. The second-order valence-corrected chi connectivity index (χ2v) is 3.67. The number of aromatic amines is 1. The number of nitrogens with one attached hydrogen (secondary N) is 1. The number of aromatic nitrogens is 4. The molecule has 2 heterocycles. The molecule has 0 saturated carbocycles. The Labute approximate surface area is 87.8 Å². The molecule has 0 aromatic carbocycles. The van der Waals surface area contributed by atoms with Crippen LogP contribution in [-0.2, 0) is 0 Å². The molecule has 3 N–H and O–H groups in total. The second kappa shape index (κ2) is 3.68.